The summed E-state index contributed by atoms with van der Waals surface area (Å²) in [6.45, 7) is 6.76. The highest BCUT2D eigenvalue weighted by molar-refractivity contribution is 5.81. The lowest BCUT2D eigenvalue weighted by Crippen LogP contribution is -2.46. The van der Waals surface area contributed by atoms with Gasteiger partial charge in [-0.25, -0.2) is 0 Å². The molecule has 1 aromatic rings. The molecule has 0 spiro atoms. The first-order chi connectivity index (χ1) is 9.08. The number of carbonyl (C=O) groups excluding carboxylic acids is 1. The van der Waals surface area contributed by atoms with Crippen LogP contribution in [0.4, 0.5) is 0 Å². The summed E-state index contributed by atoms with van der Waals surface area (Å²) in [6.07, 6.45) is 4.37. The monoisotopic (exact) mass is 267 g/mol. The minimum atomic E-state index is -0.186. The number of aryl methyl sites for hydroxylation is 1. The summed E-state index contributed by atoms with van der Waals surface area (Å²) >= 11 is 0. The van der Waals surface area contributed by atoms with Crippen LogP contribution in [-0.4, -0.2) is 39.3 Å². The lowest BCUT2D eigenvalue weighted by molar-refractivity contribution is -0.123. The molecule has 1 unspecified atom stereocenters. The summed E-state index contributed by atoms with van der Waals surface area (Å²) in [4.78, 5) is 11.9. The lowest BCUT2D eigenvalue weighted by Gasteiger charge is -2.19. The summed E-state index contributed by atoms with van der Waals surface area (Å²) in [7, 11) is 1.92. The van der Waals surface area contributed by atoms with Crippen molar-refractivity contribution in [3.05, 3.63) is 12.2 Å². The van der Waals surface area contributed by atoms with Gasteiger partial charge in [0, 0.05) is 26.1 Å². The normalized spacial score (nSPS) is 12.7. The van der Waals surface area contributed by atoms with E-state index in [1.165, 1.54) is 0 Å². The Bertz CT molecular complexity index is 386. The van der Waals surface area contributed by atoms with Crippen molar-refractivity contribution in [3.63, 3.8) is 0 Å². The molecule has 1 amide bonds. The smallest absolute Gasteiger partial charge is 0.237 e. The van der Waals surface area contributed by atoms with Gasteiger partial charge in [0.1, 0.15) is 12.2 Å². The van der Waals surface area contributed by atoms with E-state index >= 15 is 0 Å². The molecule has 1 atom stereocenters. The van der Waals surface area contributed by atoms with Crippen molar-refractivity contribution in [2.45, 2.75) is 52.1 Å². The van der Waals surface area contributed by atoms with E-state index in [1.54, 1.807) is 6.33 Å². The molecular weight excluding hydrogens is 242 g/mol. The third-order valence-corrected chi connectivity index (χ3v) is 3.33. The molecule has 0 aliphatic carbocycles. The molecule has 0 saturated heterocycles. The second-order valence-corrected chi connectivity index (χ2v) is 4.81. The Morgan fingerprint density at radius 3 is 2.63 bits per heavy atom. The number of amides is 1. The highest BCUT2D eigenvalue weighted by Crippen LogP contribution is 1.97. The largest absolute Gasteiger partial charge is 0.352 e. The van der Waals surface area contributed by atoms with Gasteiger partial charge in [0.05, 0.1) is 6.04 Å². The van der Waals surface area contributed by atoms with E-state index in [2.05, 4.69) is 34.7 Å². The quantitative estimate of drug-likeness (QED) is 0.725. The van der Waals surface area contributed by atoms with Crippen LogP contribution in [0.3, 0.4) is 0 Å². The molecule has 0 bridgehead atoms. The molecule has 0 aliphatic heterocycles. The number of nitrogens with zero attached hydrogens (tertiary/aromatic N) is 3. The fourth-order valence-corrected chi connectivity index (χ4v) is 1.85. The van der Waals surface area contributed by atoms with Crippen molar-refractivity contribution in [2.75, 3.05) is 6.54 Å². The van der Waals surface area contributed by atoms with Gasteiger partial charge in [0.25, 0.3) is 0 Å². The van der Waals surface area contributed by atoms with E-state index in [0.29, 0.717) is 6.54 Å². The van der Waals surface area contributed by atoms with Gasteiger partial charge in [-0.05, 0) is 19.8 Å². The Kier molecular flexibility index (Phi) is 6.49. The molecule has 6 nitrogen and oxygen atoms in total. The van der Waals surface area contributed by atoms with Crippen molar-refractivity contribution in [1.29, 1.82) is 0 Å². The molecular formula is C13H25N5O. The van der Waals surface area contributed by atoms with Crippen LogP contribution >= 0.6 is 0 Å². The summed E-state index contributed by atoms with van der Waals surface area (Å²) < 4.78 is 1.89. The van der Waals surface area contributed by atoms with Crippen LogP contribution in [-0.2, 0) is 18.3 Å². The minimum absolute atomic E-state index is 0.0617. The van der Waals surface area contributed by atoms with E-state index in [1.807, 2.05) is 18.5 Å². The molecule has 1 aromatic heterocycles. The van der Waals surface area contributed by atoms with Crippen LogP contribution in [0.5, 0.6) is 0 Å². The molecule has 1 rings (SSSR count). The fraction of sp³-hybridized carbons (Fsp3) is 0.769. The second-order valence-electron chi connectivity index (χ2n) is 4.81. The maximum Gasteiger partial charge on any atom is 0.237 e. The molecule has 19 heavy (non-hydrogen) atoms. The van der Waals surface area contributed by atoms with E-state index in [0.717, 1.165) is 25.1 Å². The van der Waals surface area contributed by atoms with Crippen molar-refractivity contribution >= 4 is 5.91 Å². The highest BCUT2D eigenvalue weighted by Gasteiger charge is 2.15. The first kappa shape index (κ1) is 15.6. The Morgan fingerprint density at radius 1 is 1.42 bits per heavy atom. The zero-order valence-electron chi connectivity index (χ0n) is 12.3. The zero-order chi connectivity index (χ0) is 14.3. The Hall–Kier alpha value is -1.43. The first-order valence-corrected chi connectivity index (χ1v) is 6.95. The van der Waals surface area contributed by atoms with Crippen LogP contribution in [0.2, 0.25) is 0 Å². The second kappa shape index (κ2) is 7.89. The summed E-state index contributed by atoms with van der Waals surface area (Å²) in [6, 6.07) is 0.0873. The van der Waals surface area contributed by atoms with E-state index < -0.39 is 0 Å². The van der Waals surface area contributed by atoms with Crippen molar-refractivity contribution in [1.82, 2.24) is 25.4 Å². The number of rotatable bonds is 8. The van der Waals surface area contributed by atoms with Crippen molar-refractivity contribution in [3.8, 4) is 0 Å². The summed E-state index contributed by atoms with van der Waals surface area (Å²) in [5.41, 5.74) is 0. The van der Waals surface area contributed by atoms with Crippen molar-refractivity contribution < 1.29 is 4.79 Å². The maximum atomic E-state index is 11.9. The molecule has 6 heteroatoms. The number of nitrogens with one attached hydrogen (secondary N) is 2. The summed E-state index contributed by atoms with van der Waals surface area (Å²) in [5.74, 6) is 0.978. The predicted molar refractivity (Wildman–Crippen MR) is 74.7 cm³/mol. The third-order valence-electron chi connectivity index (χ3n) is 3.33. The lowest BCUT2D eigenvalue weighted by atomic mass is 10.1. The van der Waals surface area contributed by atoms with Crippen LogP contribution in [0.1, 0.15) is 39.4 Å². The van der Waals surface area contributed by atoms with Gasteiger partial charge in [-0.3, -0.25) is 4.79 Å². The van der Waals surface area contributed by atoms with Crippen LogP contribution in [0.15, 0.2) is 6.33 Å². The SMILES string of the molecule is CCC(CC)NC(=O)C(C)NCCc1nncn1C. The maximum absolute atomic E-state index is 11.9. The van der Waals surface area contributed by atoms with Gasteiger partial charge in [0.2, 0.25) is 5.91 Å². The van der Waals surface area contributed by atoms with Crippen LogP contribution in [0.25, 0.3) is 0 Å². The summed E-state index contributed by atoms with van der Waals surface area (Å²) in [5, 5.41) is 14.1. The highest BCUT2D eigenvalue weighted by atomic mass is 16.2. The molecule has 0 aliphatic rings. The number of hydrogen-bond donors (Lipinski definition) is 2. The van der Waals surface area contributed by atoms with Crippen LogP contribution in [0, 0.1) is 0 Å². The van der Waals surface area contributed by atoms with Gasteiger partial charge in [-0.2, -0.15) is 0 Å². The Labute approximate surface area is 115 Å². The molecule has 0 saturated carbocycles. The number of hydrogen-bond acceptors (Lipinski definition) is 4. The van der Waals surface area contributed by atoms with Crippen LogP contribution < -0.4 is 10.6 Å². The number of aromatic nitrogens is 3. The molecule has 1 heterocycles. The molecule has 0 fully saturated rings. The Morgan fingerprint density at radius 2 is 2.11 bits per heavy atom. The molecule has 0 radical (unpaired) electrons. The average molecular weight is 267 g/mol. The van der Waals surface area contributed by atoms with Gasteiger partial charge >= 0.3 is 0 Å². The predicted octanol–water partition coefficient (Wildman–Crippen LogP) is 0.641. The zero-order valence-corrected chi connectivity index (χ0v) is 12.3. The standard InChI is InChI=1S/C13H25N5O/c1-5-11(6-2)16-13(19)10(3)14-8-7-12-17-15-9-18(12)4/h9-11,14H,5-8H2,1-4H3,(H,16,19). The Balaban J connectivity index is 2.28. The third kappa shape index (κ3) is 4.98. The minimum Gasteiger partial charge on any atom is -0.352 e. The number of carbonyl (C=O) groups is 1. The first-order valence-electron chi connectivity index (χ1n) is 6.95. The van der Waals surface area contributed by atoms with E-state index in [4.69, 9.17) is 0 Å². The fourth-order valence-electron chi connectivity index (χ4n) is 1.85. The van der Waals surface area contributed by atoms with Crippen molar-refractivity contribution in [2.24, 2.45) is 7.05 Å². The van der Waals surface area contributed by atoms with Gasteiger partial charge in [-0.15, -0.1) is 10.2 Å². The van der Waals surface area contributed by atoms with E-state index in [-0.39, 0.29) is 18.0 Å². The average Bonchev–Trinajstić information content (AvgIpc) is 2.81. The van der Waals surface area contributed by atoms with Gasteiger partial charge in [-0.1, -0.05) is 13.8 Å². The molecule has 108 valence electrons. The topological polar surface area (TPSA) is 71.8 Å². The van der Waals surface area contributed by atoms with Gasteiger partial charge < -0.3 is 15.2 Å². The molecule has 2 N–H and O–H groups in total. The van der Waals surface area contributed by atoms with E-state index in [9.17, 15) is 4.79 Å². The van der Waals surface area contributed by atoms with Gasteiger partial charge in [0.15, 0.2) is 0 Å². The molecule has 0 aromatic carbocycles.